The lowest BCUT2D eigenvalue weighted by atomic mass is 9.95. The highest BCUT2D eigenvalue weighted by Gasteiger charge is 2.21. The maximum atomic E-state index is 10.5. The lowest BCUT2D eigenvalue weighted by Gasteiger charge is -2.25. The van der Waals surface area contributed by atoms with Crippen LogP contribution in [-0.2, 0) is 5.54 Å². The number of carboxylic acid groups (broad SMARTS) is 1. The highest BCUT2D eigenvalue weighted by molar-refractivity contribution is 14.1. The van der Waals surface area contributed by atoms with Gasteiger partial charge in [0.05, 0.1) is 5.54 Å². The Bertz CT molecular complexity index is 332. The van der Waals surface area contributed by atoms with Crippen molar-refractivity contribution >= 4 is 28.7 Å². The maximum Gasteiger partial charge on any atom is 0.405 e. The zero-order valence-electron chi connectivity index (χ0n) is 8.04. The summed E-state index contributed by atoms with van der Waals surface area (Å²) in [5, 5.41) is 11.1. The smallest absolute Gasteiger partial charge is 0.405 e. The van der Waals surface area contributed by atoms with Gasteiger partial charge in [-0.3, -0.25) is 0 Å². The van der Waals surface area contributed by atoms with Crippen molar-refractivity contribution in [3.63, 3.8) is 0 Å². The molecule has 0 aliphatic carbocycles. The molecule has 3 nitrogen and oxygen atoms in total. The number of rotatable bonds is 2. The van der Waals surface area contributed by atoms with Gasteiger partial charge in [-0.1, -0.05) is 12.1 Å². The van der Waals surface area contributed by atoms with Gasteiger partial charge in [0.25, 0.3) is 0 Å². The third-order valence-corrected chi connectivity index (χ3v) is 2.70. The lowest BCUT2D eigenvalue weighted by molar-refractivity contribution is 0.182. The summed E-state index contributed by atoms with van der Waals surface area (Å²) in [4.78, 5) is 10.5. The van der Waals surface area contributed by atoms with E-state index in [4.69, 9.17) is 5.11 Å². The summed E-state index contributed by atoms with van der Waals surface area (Å²) in [6.07, 6.45) is -1.01. The van der Waals surface area contributed by atoms with Crippen LogP contribution in [0, 0.1) is 3.57 Å². The van der Waals surface area contributed by atoms with E-state index in [0.717, 1.165) is 9.13 Å². The van der Waals surface area contributed by atoms with Crippen LogP contribution in [0.1, 0.15) is 19.4 Å². The second-order valence-corrected chi connectivity index (χ2v) is 4.81. The molecule has 0 unspecified atom stereocenters. The Morgan fingerprint density at radius 1 is 1.36 bits per heavy atom. The largest absolute Gasteiger partial charge is 0.465 e. The van der Waals surface area contributed by atoms with Crippen molar-refractivity contribution in [3.8, 4) is 0 Å². The SMILES string of the molecule is CC(C)(NC(=O)O)c1ccc(I)cc1. The van der Waals surface area contributed by atoms with Crippen LogP contribution in [0.2, 0.25) is 0 Å². The predicted octanol–water partition coefficient (Wildman–Crippen LogP) is 2.79. The number of halogens is 1. The molecule has 1 amide bonds. The van der Waals surface area contributed by atoms with Crippen molar-refractivity contribution in [1.29, 1.82) is 0 Å². The van der Waals surface area contributed by atoms with Crippen molar-refractivity contribution in [2.75, 3.05) is 0 Å². The predicted molar refractivity (Wildman–Crippen MR) is 63.3 cm³/mol. The monoisotopic (exact) mass is 305 g/mol. The molecule has 0 radical (unpaired) electrons. The van der Waals surface area contributed by atoms with E-state index in [9.17, 15) is 4.79 Å². The number of hydrogen-bond donors (Lipinski definition) is 2. The average molecular weight is 305 g/mol. The average Bonchev–Trinajstić information content (AvgIpc) is 2.02. The van der Waals surface area contributed by atoms with Crippen LogP contribution >= 0.6 is 22.6 Å². The summed E-state index contributed by atoms with van der Waals surface area (Å²) in [5.41, 5.74) is 0.413. The number of benzene rings is 1. The first-order chi connectivity index (χ1) is 6.42. The molecule has 2 N–H and O–H groups in total. The molecule has 1 aromatic carbocycles. The highest BCUT2D eigenvalue weighted by Crippen LogP contribution is 2.20. The Morgan fingerprint density at radius 3 is 2.29 bits per heavy atom. The molecule has 0 saturated carbocycles. The zero-order chi connectivity index (χ0) is 10.8. The normalized spacial score (nSPS) is 11.1. The number of hydrogen-bond acceptors (Lipinski definition) is 1. The van der Waals surface area contributed by atoms with Gasteiger partial charge in [0, 0.05) is 3.57 Å². The Hall–Kier alpha value is -0.780. The fourth-order valence-corrected chi connectivity index (χ4v) is 1.57. The summed E-state index contributed by atoms with van der Waals surface area (Å²) < 4.78 is 1.14. The summed E-state index contributed by atoms with van der Waals surface area (Å²) in [7, 11) is 0. The third kappa shape index (κ3) is 2.87. The lowest BCUT2D eigenvalue weighted by Crippen LogP contribution is -2.39. The Morgan fingerprint density at radius 2 is 1.86 bits per heavy atom. The van der Waals surface area contributed by atoms with Crippen LogP contribution in [-0.4, -0.2) is 11.2 Å². The third-order valence-electron chi connectivity index (χ3n) is 1.99. The van der Waals surface area contributed by atoms with Gasteiger partial charge < -0.3 is 10.4 Å². The van der Waals surface area contributed by atoms with Gasteiger partial charge in [0.15, 0.2) is 0 Å². The zero-order valence-corrected chi connectivity index (χ0v) is 10.2. The van der Waals surface area contributed by atoms with E-state index in [1.165, 1.54) is 0 Å². The van der Waals surface area contributed by atoms with E-state index in [2.05, 4.69) is 27.9 Å². The standard InChI is InChI=1S/C10H12INO2/c1-10(2,12-9(13)14)7-3-5-8(11)6-4-7/h3-6,12H,1-2H3,(H,13,14). The molecule has 76 valence electrons. The van der Waals surface area contributed by atoms with Gasteiger partial charge >= 0.3 is 6.09 Å². The fourth-order valence-electron chi connectivity index (χ4n) is 1.21. The van der Waals surface area contributed by atoms with E-state index in [1.54, 1.807) is 0 Å². The molecule has 0 aromatic heterocycles. The van der Waals surface area contributed by atoms with Crippen molar-refractivity contribution in [3.05, 3.63) is 33.4 Å². The minimum absolute atomic E-state index is 0.545. The van der Waals surface area contributed by atoms with Crippen LogP contribution in [0.15, 0.2) is 24.3 Å². The summed E-state index contributed by atoms with van der Waals surface area (Å²) in [6, 6.07) is 7.78. The molecule has 0 spiro atoms. The molecule has 1 aromatic rings. The van der Waals surface area contributed by atoms with Crippen LogP contribution in [0.4, 0.5) is 4.79 Å². The fraction of sp³-hybridized carbons (Fsp3) is 0.300. The van der Waals surface area contributed by atoms with Gasteiger partial charge in [-0.15, -0.1) is 0 Å². The second-order valence-electron chi connectivity index (χ2n) is 3.56. The topological polar surface area (TPSA) is 49.3 Å². The molecule has 0 saturated heterocycles. The van der Waals surface area contributed by atoms with Crippen molar-refractivity contribution < 1.29 is 9.90 Å². The molecular weight excluding hydrogens is 293 g/mol. The minimum atomic E-state index is -1.01. The summed E-state index contributed by atoms with van der Waals surface area (Å²) in [5.74, 6) is 0. The molecule has 0 heterocycles. The van der Waals surface area contributed by atoms with Crippen LogP contribution in [0.25, 0.3) is 0 Å². The molecule has 14 heavy (non-hydrogen) atoms. The molecule has 0 aliphatic heterocycles. The van der Waals surface area contributed by atoms with E-state index >= 15 is 0 Å². The molecule has 1 rings (SSSR count). The van der Waals surface area contributed by atoms with E-state index in [0.29, 0.717) is 0 Å². The van der Waals surface area contributed by atoms with E-state index < -0.39 is 11.6 Å². The number of nitrogens with one attached hydrogen (secondary N) is 1. The first kappa shape index (κ1) is 11.3. The van der Waals surface area contributed by atoms with Gasteiger partial charge in [0.1, 0.15) is 0 Å². The summed E-state index contributed by atoms with van der Waals surface area (Å²) >= 11 is 2.21. The first-order valence-corrected chi connectivity index (χ1v) is 5.27. The maximum absolute atomic E-state index is 10.5. The first-order valence-electron chi connectivity index (χ1n) is 4.19. The van der Waals surface area contributed by atoms with Gasteiger partial charge in [-0.2, -0.15) is 0 Å². The minimum Gasteiger partial charge on any atom is -0.465 e. The van der Waals surface area contributed by atoms with Crippen molar-refractivity contribution in [2.45, 2.75) is 19.4 Å². The molecule has 0 fully saturated rings. The van der Waals surface area contributed by atoms with Crippen LogP contribution in [0.3, 0.4) is 0 Å². The molecule has 0 aliphatic rings. The van der Waals surface area contributed by atoms with E-state index in [-0.39, 0.29) is 0 Å². The number of amides is 1. The summed E-state index contributed by atoms with van der Waals surface area (Å²) in [6.45, 7) is 3.67. The molecular formula is C10H12INO2. The number of carbonyl (C=O) groups is 1. The van der Waals surface area contributed by atoms with Gasteiger partial charge in [-0.25, -0.2) is 4.79 Å². The van der Waals surface area contributed by atoms with Crippen LogP contribution < -0.4 is 5.32 Å². The van der Waals surface area contributed by atoms with Gasteiger partial charge in [0.2, 0.25) is 0 Å². The Balaban J connectivity index is 2.91. The Kier molecular flexibility index (Phi) is 3.36. The Labute approximate surface area is 96.7 Å². The van der Waals surface area contributed by atoms with Gasteiger partial charge in [-0.05, 0) is 54.1 Å². The molecule has 4 heteroatoms. The van der Waals surface area contributed by atoms with Crippen LogP contribution in [0.5, 0.6) is 0 Å². The van der Waals surface area contributed by atoms with E-state index in [1.807, 2.05) is 38.1 Å². The van der Waals surface area contributed by atoms with Crippen molar-refractivity contribution in [2.24, 2.45) is 0 Å². The van der Waals surface area contributed by atoms with Crippen molar-refractivity contribution in [1.82, 2.24) is 5.32 Å². The molecule has 0 bridgehead atoms. The highest BCUT2D eigenvalue weighted by atomic mass is 127. The quantitative estimate of drug-likeness (QED) is 0.826. The second kappa shape index (κ2) is 4.16. The molecule has 0 atom stereocenters.